The molecule has 1 aromatic rings. The molecule has 0 fully saturated rings. The van der Waals surface area contributed by atoms with E-state index in [1.165, 1.54) is 4.90 Å². The van der Waals surface area contributed by atoms with Crippen molar-refractivity contribution in [1.29, 1.82) is 0 Å². The van der Waals surface area contributed by atoms with Crippen LogP contribution in [0.1, 0.15) is 6.42 Å². The highest BCUT2D eigenvalue weighted by molar-refractivity contribution is 6.30. The summed E-state index contributed by atoms with van der Waals surface area (Å²) in [6.45, 7) is -0.205. The number of carboxylic acid groups (broad SMARTS) is 1. The summed E-state index contributed by atoms with van der Waals surface area (Å²) >= 11 is 5.72. The minimum atomic E-state index is -1.08. The molecule has 0 aliphatic carbocycles. The Hall–Kier alpha value is -1.59. The smallest absolute Gasteiger partial charge is 0.323 e. The number of rotatable bonds is 5. The number of benzene rings is 1. The third kappa shape index (κ3) is 4.05. The summed E-state index contributed by atoms with van der Waals surface area (Å²) in [4.78, 5) is 23.6. The van der Waals surface area contributed by atoms with Crippen LogP contribution in [-0.4, -0.2) is 30.1 Å². The molecule has 1 rings (SSSR count). The monoisotopic (exact) mass is 256 g/mol. The van der Waals surface area contributed by atoms with Gasteiger partial charge in [0.05, 0.1) is 0 Å². The Morgan fingerprint density at radius 3 is 2.35 bits per heavy atom. The van der Waals surface area contributed by atoms with Crippen molar-refractivity contribution in [3.05, 3.63) is 29.3 Å². The van der Waals surface area contributed by atoms with E-state index in [0.29, 0.717) is 10.7 Å². The number of amides is 1. The van der Waals surface area contributed by atoms with E-state index in [1.54, 1.807) is 24.3 Å². The van der Waals surface area contributed by atoms with Crippen LogP contribution in [-0.2, 0) is 9.59 Å². The Labute approximate surface area is 104 Å². The second-order valence-corrected chi connectivity index (χ2v) is 3.83. The number of halogens is 1. The van der Waals surface area contributed by atoms with Gasteiger partial charge in [0.2, 0.25) is 5.91 Å². The van der Waals surface area contributed by atoms with E-state index < -0.39 is 5.97 Å². The summed E-state index contributed by atoms with van der Waals surface area (Å²) in [6, 6.07) is 6.39. The van der Waals surface area contributed by atoms with Gasteiger partial charge in [-0.25, -0.2) is 0 Å². The van der Waals surface area contributed by atoms with Gasteiger partial charge in [-0.05, 0) is 24.3 Å². The molecular formula is C11H13ClN2O3. The summed E-state index contributed by atoms with van der Waals surface area (Å²) in [5.74, 6) is -1.40. The molecule has 0 saturated carbocycles. The molecule has 0 aliphatic rings. The van der Waals surface area contributed by atoms with Crippen LogP contribution < -0.4 is 10.6 Å². The van der Waals surface area contributed by atoms with E-state index in [2.05, 4.69) is 0 Å². The number of hydrogen-bond donors (Lipinski definition) is 2. The second kappa shape index (κ2) is 6.22. The number of anilines is 1. The van der Waals surface area contributed by atoms with E-state index in [9.17, 15) is 9.59 Å². The number of carbonyl (C=O) groups is 2. The van der Waals surface area contributed by atoms with Crippen molar-refractivity contribution in [2.45, 2.75) is 6.42 Å². The fourth-order valence-electron chi connectivity index (χ4n) is 1.34. The minimum absolute atomic E-state index is 0.107. The lowest BCUT2D eigenvalue weighted by molar-refractivity contribution is -0.136. The SMILES string of the molecule is NCCC(=O)N(CC(=O)O)c1ccc(Cl)cc1. The highest BCUT2D eigenvalue weighted by atomic mass is 35.5. The number of hydrogen-bond acceptors (Lipinski definition) is 3. The molecule has 0 atom stereocenters. The third-order valence-electron chi connectivity index (χ3n) is 2.09. The van der Waals surface area contributed by atoms with E-state index >= 15 is 0 Å². The van der Waals surface area contributed by atoms with Gasteiger partial charge in [0, 0.05) is 23.7 Å². The first-order valence-corrected chi connectivity index (χ1v) is 5.40. The van der Waals surface area contributed by atoms with Gasteiger partial charge in [-0.2, -0.15) is 0 Å². The molecular weight excluding hydrogens is 244 g/mol. The average molecular weight is 257 g/mol. The molecule has 1 amide bonds. The molecule has 0 aromatic heterocycles. The van der Waals surface area contributed by atoms with Crippen LogP contribution in [0.3, 0.4) is 0 Å². The third-order valence-corrected chi connectivity index (χ3v) is 2.34. The first-order chi connectivity index (χ1) is 8.04. The molecule has 5 nitrogen and oxygen atoms in total. The minimum Gasteiger partial charge on any atom is -0.480 e. The Morgan fingerprint density at radius 1 is 1.29 bits per heavy atom. The van der Waals surface area contributed by atoms with E-state index in [4.69, 9.17) is 22.4 Å². The highest BCUT2D eigenvalue weighted by Gasteiger charge is 2.17. The van der Waals surface area contributed by atoms with Gasteiger partial charge < -0.3 is 15.7 Å². The Balaban J connectivity index is 2.92. The number of aliphatic carboxylic acids is 1. The maximum Gasteiger partial charge on any atom is 0.323 e. The summed E-state index contributed by atoms with van der Waals surface area (Å²) in [5.41, 5.74) is 5.78. The molecule has 0 bridgehead atoms. The Bertz CT molecular complexity index is 406. The van der Waals surface area contributed by atoms with Gasteiger partial charge in [-0.1, -0.05) is 11.6 Å². The van der Waals surface area contributed by atoms with Crippen molar-refractivity contribution in [2.24, 2.45) is 5.73 Å². The molecule has 3 N–H and O–H groups in total. The Morgan fingerprint density at radius 2 is 1.88 bits per heavy atom. The highest BCUT2D eigenvalue weighted by Crippen LogP contribution is 2.18. The lowest BCUT2D eigenvalue weighted by atomic mass is 10.2. The molecule has 0 radical (unpaired) electrons. The molecule has 1 aromatic carbocycles. The van der Waals surface area contributed by atoms with Crippen molar-refractivity contribution < 1.29 is 14.7 Å². The molecule has 0 aliphatic heterocycles. The van der Waals surface area contributed by atoms with Crippen molar-refractivity contribution in [1.82, 2.24) is 0 Å². The summed E-state index contributed by atoms with van der Waals surface area (Å²) in [5, 5.41) is 9.29. The topological polar surface area (TPSA) is 83.6 Å². The maximum atomic E-state index is 11.7. The van der Waals surface area contributed by atoms with Crippen molar-refractivity contribution in [2.75, 3.05) is 18.0 Å². The van der Waals surface area contributed by atoms with Gasteiger partial charge in [0.1, 0.15) is 6.54 Å². The zero-order valence-corrected chi connectivity index (χ0v) is 9.85. The summed E-state index contributed by atoms with van der Waals surface area (Å²) in [6.07, 6.45) is 0.107. The van der Waals surface area contributed by atoms with Crippen LogP contribution in [0.4, 0.5) is 5.69 Å². The Kier molecular flexibility index (Phi) is 4.93. The van der Waals surface area contributed by atoms with Crippen LogP contribution in [0.5, 0.6) is 0 Å². The number of carbonyl (C=O) groups excluding carboxylic acids is 1. The predicted octanol–water partition coefficient (Wildman–Crippen LogP) is 1.11. The molecule has 0 spiro atoms. The van der Waals surface area contributed by atoms with Crippen molar-refractivity contribution >= 4 is 29.2 Å². The van der Waals surface area contributed by atoms with Gasteiger partial charge in [-0.3, -0.25) is 9.59 Å². The largest absolute Gasteiger partial charge is 0.480 e. The molecule has 17 heavy (non-hydrogen) atoms. The van der Waals surface area contributed by atoms with Gasteiger partial charge in [0.15, 0.2) is 0 Å². The maximum absolute atomic E-state index is 11.7. The van der Waals surface area contributed by atoms with E-state index in [0.717, 1.165) is 0 Å². The lowest BCUT2D eigenvalue weighted by Crippen LogP contribution is -2.36. The number of nitrogens with two attached hydrogens (primary N) is 1. The molecule has 0 unspecified atom stereocenters. The molecule has 92 valence electrons. The normalized spacial score (nSPS) is 10.0. The summed E-state index contributed by atoms with van der Waals surface area (Å²) < 4.78 is 0. The van der Waals surface area contributed by atoms with Crippen LogP contribution in [0.2, 0.25) is 5.02 Å². The first kappa shape index (κ1) is 13.5. The molecule has 6 heteroatoms. The molecule has 0 heterocycles. The average Bonchev–Trinajstić information content (AvgIpc) is 2.27. The fourth-order valence-corrected chi connectivity index (χ4v) is 1.46. The zero-order valence-electron chi connectivity index (χ0n) is 9.10. The predicted molar refractivity (Wildman–Crippen MR) is 65.1 cm³/mol. The zero-order chi connectivity index (χ0) is 12.8. The van der Waals surface area contributed by atoms with Crippen LogP contribution in [0.25, 0.3) is 0 Å². The first-order valence-electron chi connectivity index (χ1n) is 5.02. The van der Waals surface area contributed by atoms with Crippen LogP contribution in [0.15, 0.2) is 24.3 Å². The van der Waals surface area contributed by atoms with Crippen LogP contribution >= 0.6 is 11.6 Å². The number of carboxylic acids is 1. The van der Waals surface area contributed by atoms with Crippen molar-refractivity contribution in [3.63, 3.8) is 0 Å². The van der Waals surface area contributed by atoms with E-state index in [-0.39, 0.29) is 25.4 Å². The second-order valence-electron chi connectivity index (χ2n) is 3.39. The number of nitrogens with zero attached hydrogens (tertiary/aromatic N) is 1. The standard InChI is InChI=1S/C11H13ClN2O3/c12-8-1-3-9(4-2-8)14(7-11(16)17)10(15)5-6-13/h1-4H,5-7,13H2,(H,16,17). The van der Waals surface area contributed by atoms with Gasteiger partial charge in [-0.15, -0.1) is 0 Å². The van der Waals surface area contributed by atoms with Gasteiger partial charge in [0.25, 0.3) is 0 Å². The van der Waals surface area contributed by atoms with E-state index in [1.807, 2.05) is 0 Å². The lowest BCUT2D eigenvalue weighted by Gasteiger charge is -2.20. The molecule has 0 saturated heterocycles. The fraction of sp³-hybridized carbons (Fsp3) is 0.273. The van der Waals surface area contributed by atoms with Gasteiger partial charge >= 0.3 is 5.97 Å². The quantitative estimate of drug-likeness (QED) is 0.827. The van der Waals surface area contributed by atoms with Crippen molar-refractivity contribution in [3.8, 4) is 0 Å². The van der Waals surface area contributed by atoms with Crippen LogP contribution in [0, 0.1) is 0 Å². The summed E-state index contributed by atoms with van der Waals surface area (Å²) in [7, 11) is 0.